The Kier molecular flexibility index (Phi) is 3.47. The second-order valence-electron chi connectivity index (χ2n) is 8.02. The summed E-state index contributed by atoms with van der Waals surface area (Å²) >= 11 is 0. The second kappa shape index (κ2) is 5.64. The molecule has 1 aromatic rings. The summed E-state index contributed by atoms with van der Waals surface area (Å²) in [7, 11) is 1.78. The van der Waals surface area contributed by atoms with Crippen LogP contribution in [-0.2, 0) is 14.3 Å². The van der Waals surface area contributed by atoms with E-state index in [1.807, 2.05) is 16.7 Å². The maximum atomic E-state index is 13.0. The minimum Gasteiger partial charge on any atom is -0.360 e. The van der Waals surface area contributed by atoms with E-state index in [0.29, 0.717) is 12.6 Å². The van der Waals surface area contributed by atoms with Crippen molar-refractivity contribution in [3.63, 3.8) is 0 Å². The number of rotatable bonds is 3. The molecule has 1 saturated carbocycles. The summed E-state index contributed by atoms with van der Waals surface area (Å²) in [6.07, 6.45) is 11.0. The molecule has 2 bridgehead atoms. The van der Waals surface area contributed by atoms with Gasteiger partial charge in [0.25, 0.3) is 0 Å². The highest BCUT2D eigenvalue weighted by Crippen LogP contribution is 2.51. The number of nitrogens with zero attached hydrogens (tertiary/aromatic N) is 4. The lowest BCUT2D eigenvalue weighted by Gasteiger charge is -2.31. The van der Waals surface area contributed by atoms with Crippen LogP contribution in [0.4, 0.5) is 0 Å². The molecule has 1 aromatic heterocycles. The summed E-state index contributed by atoms with van der Waals surface area (Å²) in [5.41, 5.74) is -0.593. The third-order valence-corrected chi connectivity index (χ3v) is 6.49. The van der Waals surface area contributed by atoms with Crippen molar-refractivity contribution in [2.24, 2.45) is 11.8 Å². The number of amides is 2. The van der Waals surface area contributed by atoms with Crippen LogP contribution in [-0.4, -0.2) is 62.8 Å². The van der Waals surface area contributed by atoms with Gasteiger partial charge in [-0.3, -0.25) is 9.59 Å². The van der Waals surface area contributed by atoms with E-state index in [1.54, 1.807) is 24.6 Å². The van der Waals surface area contributed by atoms with Crippen LogP contribution in [0.15, 0.2) is 24.8 Å². The molecule has 2 amide bonds. The Morgan fingerprint density at radius 1 is 1.27 bits per heavy atom. The van der Waals surface area contributed by atoms with Gasteiger partial charge in [0.2, 0.25) is 11.8 Å². The molecule has 138 valence electrons. The number of fused-ring (bicyclic) bond motifs is 1. The van der Waals surface area contributed by atoms with Gasteiger partial charge < -0.3 is 19.5 Å². The Morgan fingerprint density at radius 2 is 2.00 bits per heavy atom. The molecule has 3 aliphatic heterocycles. The van der Waals surface area contributed by atoms with Gasteiger partial charge in [-0.1, -0.05) is 12.2 Å². The number of hydrogen-bond acceptors (Lipinski definition) is 5. The fraction of sp³-hybridized carbons (Fsp3) is 0.667. The average Bonchev–Trinajstić information content (AvgIpc) is 3.39. The highest BCUT2D eigenvalue weighted by Gasteiger charge is 2.66. The number of likely N-dealkylation sites (N-methyl/N-ethyl adjacent to an activating group) is 1. The van der Waals surface area contributed by atoms with E-state index >= 15 is 0 Å². The maximum absolute atomic E-state index is 13.0. The molecule has 4 aliphatic rings. The van der Waals surface area contributed by atoms with Gasteiger partial charge in [0.1, 0.15) is 18.3 Å². The average molecular weight is 357 g/mol. The molecule has 1 N–H and O–H groups in total. The largest absolute Gasteiger partial charge is 0.360 e. The van der Waals surface area contributed by atoms with E-state index in [0.717, 1.165) is 25.7 Å². The first kappa shape index (κ1) is 16.0. The Morgan fingerprint density at radius 3 is 2.73 bits per heavy atom. The van der Waals surface area contributed by atoms with Crippen molar-refractivity contribution < 1.29 is 14.3 Å². The third-order valence-electron chi connectivity index (χ3n) is 6.49. The molecule has 8 heteroatoms. The Labute approximate surface area is 151 Å². The summed E-state index contributed by atoms with van der Waals surface area (Å²) in [5.74, 6) is -0.806. The van der Waals surface area contributed by atoms with Gasteiger partial charge in [0.05, 0.1) is 24.5 Å². The normalized spacial score (nSPS) is 40.9. The molecule has 4 heterocycles. The minimum absolute atomic E-state index is 0.0216. The lowest BCUT2D eigenvalue weighted by atomic mass is 9.76. The van der Waals surface area contributed by atoms with E-state index in [9.17, 15) is 9.59 Å². The Hall–Kier alpha value is -2.22. The molecule has 2 saturated heterocycles. The van der Waals surface area contributed by atoms with Crippen molar-refractivity contribution in [2.75, 3.05) is 13.6 Å². The summed E-state index contributed by atoms with van der Waals surface area (Å²) in [4.78, 5) is 27.2. The molecular formula is C18H23N5O3. The third kappa shape index (κ3) is 2.24. The first-order chi connectivity index (χ1) is 12.6. The van der Waals surface area contributed by atoms with Crippen molar-refractivity contribution in [1.82, 2.24) is 25.0 Å². The number of nitrogens with one attached hydrogen (secondary N) is 1. The molecule has 1 spiro atoms. The van der Waals surface area contributed by atoms with E-state index in [1.165, 1.54) is 0 Å². The van der Waals surface area contributed by atoms with Crippen molar-refractivity contribution in [3.05, 3.63) is 24.8 Å². The summed E-state index contributed by atoms with van der Waals surface area (Å²) in [6.45, 7) is 0.539. The summed E-state index contributed by atoms with van der Waals surface area (Å²) < 4.78 is 8.11. The van der Waals surface area contributed by atoms with Crippen molar-refractivity contribution >= 4 is 11.8 Å². The number of likely N-dealkylation sites (tertiary alicyclic amines) is 1. The van der Waals surface area contributed by atoms with E-state index in [-0.39, 0.29) is 29.9 Å². The molecule has 1 aliphatic carbocycles. The van der Waals surface area contributed by atoms with Crippen LogP contribution in [0.25, 0.3) is 0 Å². The molecule has 0 radical (unpaired) electrons. The molecule has 5 rings (SSSR count). The Balaban J connectivity index is 1.24. The molecule has 8 nitrogen and oxygen atoms in total. The van der Waals surface area contributed by atoms with Crippen LogP contribution in [0.5, 0.6) is 0 Å². The van der Waals surface area contributed by atoms with Gasteiger partial charge in [0.15, 0.2) is 0 Å². The smallest absolute Gasteiger partial charge is 0.229 e. The van der Waals surface area contributed by atoms with Gasteiger partial charge in [-0.15, -0.1) is 10.2 Å². The standard InChI is InChI=1S/C18H23N5O3/c1-22-8-18-7-6-13(26-18)14(15(18)17(22)25)16(24)21-11-2-4-12(5-3-11)23-9-19-20-10-23/h6-7,9-15H,2-5,8H2,1H3,(H,21,24)/t11?,12?,13-,14-,15+,18-/m0/s1. The first-order valence-corrected chi connectivity index (χ1v) is 9.34. The lowest BCUT2D eigenvalue weighted by molar-refractivity contribution is -0.137. The molecule has 3 fully saturated rings. The van der Waals surface area contributed by atoms with E-state index < -0.39 is 11.5 Å². The maximum Gasteiger partial charge on any atom is 0.229 e. The highest BCUT2D eigenvalue weighted by molar-refractivity contribution is 5.92. The summed E-state index contributed by atoms with van der Waals surface area (Å²) in [6, 6.07) is 0.559. The minimum atomic E-state index is -0.593. The number of ether oxygens (including phenoxy) is 1. The van der Waals surface area contributed by atoms with Crippen LogP contribution >= 0.6 is 0 Å². The molecule has 4 atom stereocenters. The molecular weight excluding hydrogens is 334 g/mol. The van der Waals surface area contributed by atoms with Crippen LogP contribution in [0.1, 0.15) is 31.7 Å². The zero-order valence-electron chi connectivity index (χ0n) is 14.7. The number of aromatic nitrogens is 3. The van der Waals surface area contributed by atoms with E-state index in [4.69, 9.17) is 4.74 Å². The predicted molar refractivity (Wildman–Crippen MR) is 90.8 cm³/mol. The quantitative estimate of drug-likeness (QED) is 0.786. The van der Waals surface area contributed by atoms with Gasteiger partial charge in [-0.2, -0.15) is 0 Å². The molecule has 26 heavy (non-hydrogen) atoms. The SMILES string of the molecule is CN1C[C@]23C=C[C@H](O2)[C@H](C(=O)NC2CCC(n4cnnc4)CC2)[C@@H]3C1=O. The molecule has 0 aromatic carbocycles. The zero-order chi connectivity index (χ0) is 17.9. The fourth-order valence-electron chi connectivity index (χ4n) is 5.20. The van der Waals surface area contributed by atoms with E-state index in [2.05, 4.69) is 15.5 Å². The van der Waals surface area contributed by atoms with Crippen molar-refractivity contribution in [1.29, 1.82) is 0 Å². The Bertz CT molecular complexity index is 755. The van der Waals surface area contributed by atoms with Crippen LogP contribution in [0.3, 0.4) is 0 Å². The topological polar surface area (TPSA) is 89.3 Å². The summed E-state index contributed by atoms with van der Waals surface area (Å²) in [5, 5.41) is 10.9. The monoisotopic (exact) mass is 357 g/mol. The number of hydrogen-bond donors (Lipinski definition) is 1. The number of carbonyl (C=O) groups excluding carboxylic acids is 2. The van der Waals surface area contributed by atoms with Crippen LogP contribution in [0, 0.1) is 11.8 Å². The number of carbonyl (C=O) groups is 2. The van der Waals surface area contributed by atoms with Crippen molar-refractivity contribution in [3.8, 4) is 0 Å². The van der Waals surface area contributed by atoms with Gasteiger partial charge in [-0.25, -0.2) is 0 Å². The van der Waals surface area contributed by atoms with Crippen molar-refractivity contribution in [2.45, 2.75) is 49.5 Å². The van der Waals surface area contributed by atoms with Gasteiger partial charge in [0, 0.05) is 19.1 Å². The lowest BCUT2D eigenvalue weighted by Crippen LogP contribution is -2.47. The van der Waals surface area contributed by atoms with Gasteiger partial charge >= 0.3 is 0 Å². The molecule has 0 unspecified atom stereocenters. The first-order valence-electron chi connectivity index (χ1n) is 9.34. The van der Waals surface area contributed by atoms with Crippen LogP contribution < -0.4 is 5.32 Å². The highest BCUT2D eigenvalue weighted by atomic mass is 16.5. The van der Waals surface area contributed by atoms with Gasteiger partial charge in [-0.05, 0) is 25.7 Å². The predicted octanol–water partition coefficient (Wildman–Crippen LogP) is 0.290. The van der Waals surface area contributed by atoms with Crippen LogP contribution in [0.2, 0.25) is 0 Å². The fourth-order valence-corrected chi connectivity index (χ4v) is 5.20. The second-order valence-corrected chi connectivity index (χ2v) is 8.02. The zero-order valence-corrected chi connectivity index (χ0v) is 14.7.